The molecule has 2 N–H and O–H groups in total. The van der Waals surface area contributed by atoms with E-state index in [1.165, 1.54) is 12.1 Å². The number of nitrogen functional groups attached to an aromatic ring is 1. The molecule has 1 aliphatic rings. The van der Waals surface area contributed by atoms with Crippen LogP contribution >= 0.6 is 0 Å². The molecule has 0 amide bonds. The molecule has 4 heteroatoms. The molecule has 3 nitrogen and oxygen atoms in total. The van der Waals surface area contributed by atoms with Crippen molar-refractivity contribution < 1.29 is 13.9 Å². The third kappa shape index (κ3) is 1.95. The lowest BCUT2D eigenvalue weighted by atomic mass is 9.99. The van der Waals surface area contributed by atoms with Crippen molar-refractivity contribution in [1.29, 1.82) is 0 Å². The number of nitrogens with two attached hydrogens (primary N) is 1. The summed E-state index contributed by atoms with van der Waals surface area (Å²) >= 11 is 0. The number of anilines is 1. The van der Waals surface area contributed by atoms with Crippen LogP contribution in [0.1, 0.15) is 21.5 Å². The van der Waals surface area contributed by atoms with Gasteiger partial charge in [0.15, 0.2) is 5.78 Å². The molecule has 0 fully saturated rings. The van der Waals surface area contributed by atoms with Gasteiger partial charge >= 0.3 is 0 Å². The monoisotopic (exact) mass is 257 g/mol. The van der Waals surface area contributed by atoms with Crippen LogP contribution in [-0.2, 0) is 6.42 Å². The van der Waals surface area contributed by atoms with E-state index in [2.05, 4.69) is 0 Å². The molecule has 1 heterocycles. The first kappa shape index (κ1) is 11.7. The van der Waals surface area contributed by atoms with Crippen LogP contribution in [-0.4, -0.2) is 12.4 Å². The minimum Gasteiger partial charge on any atom is -0.492 e. The average Bonchev–Trinajstić information content (AvgIpc) is 2.89. The maximum absolute atomic E-state index is 13.4. The van der Waals surface area contributed by atoms with Crippen molar-refractivity contribution in [3.63, 3.8) is 0 Å². The third-order valence-electron chi connectivity index (χ3n) is 3.22. The maximum atomic E-state index is 13.4. The fourth-order valence-electron chi connectivity index (χ4n) is 2.22. The molecule has 0 spiro atoms. The predicted octanol–water partition coefficient (Wildman–Crippen LogP) is 2.57. The lowest BCUT2D eigenvalue weighted by molar-refractivity contribution is 0.103. The largest absolute Gasteiger partial charge is 0.492 e. The number of carbonyl (C=O) groups excluding carboxylic acids is 1. The number of ketones is 1. The van der Waals surface area contributed by atoms with E-state index in [1.54, 1.807) is 6.07 Å². The molecular formula is C15H12FNO2. The summed E-state index contributed by atoms with van der Waals surface area (Å²) in [6.45, 7) is 0.579. The topological polar surface area (TPSA) is 52.3 Å². The van der Waals surface area contributed by atoms with Gasteiger partial charge in [-0.1, -0.05) is 12.1 Å². The summed E-state index contributed by atoms with van der Waals surface area (Å²) < 4.78 is 18.9. The number of halogens is 1. The van der Waals surface area contributed by atoms with Gasteiger partial charge in [0.1, 0.15) is 11.6 Å². The molecule has 3 rings (SSSR count). The van der Waals surface area contributed by atoms with Crippen molar-refractivity contribution in [3.05, 3.63) is 58.9 Å². The highest BCUT2D eigenvalue weighted by molar-refractivity contribution is 6.11. The Labute approximate surface area is 109 Å². The van der Waals surface area contributed by atoms with Crippen molar-refractivity contribution in [2.24, 2.45) is 0 Å². The molecule has 0 saturated carbocycles. The van der Waals surface area contributed by atoms with Crippen LogP contribution in [0.4, 0.5) is 10.1 Å². The molecule has 0 aliphatic carbocycles. The molecule has 0 saturated heterocycles. The number of carbonyl (C=O) groups is 1. The van der Waals surface area contributed by atoms with Crippen LogP contribution in [0, 0.1) is 5.82 Å². The van der Waals surface area contributed by atoms with E-state index >= 15 is 0 Å². The normalized spacial score (nSPS) is 12.9. The van der Waals surface area contributed by atoms with Gasteiger partial charge in [0.2, 0.25) is 0 Å². The molecule has 0 aromatic heterocycles. The Balaban J connectivity index is 2.05. The van der Waals surface area contributed by atoms with Crippen LogP contribution in [0.3, 0.4) is 0 Å². The van der Waals surface area contributed by atoms with Crippen LogP contribution in [0.2, 0.25) is 0 Å². The van der Waals surface area contributed by atoms with Crippen molar-refractivity contribution in [3.8, 4) is 5.75 Å². The summed E-state index contributed by atoms with van der Waals surface area (Å²) in [5.41, 5.74) is 7.20. The van der Waals surface area contributed by atoms with Crippen LogP contribution in [0.5, 0.6) is 5.75 Å². The van der Waals surface area contributed by atoms with E-state index in [1.807, 2.05) is 12.1 Å². The zero-order chi connectivity index (χ0) is 13.4. The fourth-order valence-corrected chi connectivity index (χ4v) is 2.22. The Bertz CT molecular complexity index is 667. The second kappa shape index (κ2) is 4.39. The van der Waals surface area contributed by atoms with Gasteiger partial charge in [-0.15, -0.1) is 0 Å². The molecule has 0 unspecified atom stereocenters. The predicted molar refractivity (Wildman–Crippen MR) is 69.9 cm³/mol. The number of hydrogen-bond acceptors (Lipinski definition) is 3. The van der Waals surface area contributed by atoms with Crippen molar-refractivity contribution >= 4 is 11.5 Å². The van der Waals surface area contributed by atoms with Crippen LogP contribution < -0.4 is 10.5 Å². The van der Waals surface area contributed by atoms with Crippen molar-refractivity contribution in [2.75, 3.05) is 12.3 Å². The molecule has 96 valence electrons. The molecule has 0 bridgehead atoms. The van der Waals surface area contributed by atoms with Gasteiger partial charge in [-0.2, -0.15) is 0 Å². The Hall–Kier alpha value is -2.36. The van der Waals surface area contributed by atoms with Gasteiger partial charge in [-0.3, -0.25) is 4.79 Å². The van der Waals surface area contributed by atoms with Gasteiger partial charge in [0.05, 0.1) is 17.9 Å². The first-order valence-corrected chi connectivity index (χ1v) is 6.01. The Morgan fingerprint density at radius 1 is 1.26 bits per heavy atom. The zero-order valence-corrected chi connectivity index (χ0v) is 10.2. The number of benzene rings is 2. The van der Waals surface area contributed by atoms with Gasteiger partial charge < -0.3 is 10.5 Å². The maximum Gasteiger partial charge on any atom is 0.196 e. The summed E-state index contributed by atoms with van der Waals surface area (Å²) in [5.74, 6) is -0.221. The smallest absolute Gasteiger partial charge is 0.196 e. The quantitative estimate of drug-likeness (QED) is 0.664. The number of fused-ring (bicyclic) bond motifs is 1. The summed E-state index contributed by atoms with van der Waals surface area (Å²) in [5, 5.41) is 0. The Morgan fingerprint density at radius 2 is 2.11 bits per heavy atom. The number of hydrogen-bond donors (Lipinski definition) is 1. The highest BCUT2D eigenvalue weighted by Crippen LogP contribution is 2.31. The van der Waals surface area contributed by atoms with E-state index < -0.39 is 5.82 Å². The minimum atomic E-state index is -0.584. The van der Waals surface area contributed by atoms with Crippen LogP contribution in [0.25, 0.3) is 0 Å². The lowest BCUT2D eigenvalue weighted by Crippen LogP contribution is -2.05. The van der Waals surface area contributed by atoms with E-state index in [-0.39, 0.29) is 17.0 Å². The zero-order valence-electron chi connectivity index (χ0n) is 10.2. The van der Waals surface area contributed by atoms with E-state index in [0.29, 0.717) is 17.9 Å². The number of rotatable bonds is 2. The highest BCUT2D eigenvalue weighted by atomic mass is 19.1. The van der Waals surface area contributed by atoms with E-state index in [4.69, 9.17) is 10.5 Å². The summed E-state index contributed by atoms with van der Waals surface area (Å²) in [6.07, 6.45) is 0.798. The molecule has 0 radical (unpaired) electrons. The first-order chi connectivity index (χ1) is 9.16. The molecule has 2 aromatic carbocycles. The second-order valence-corrected chi connectivity index (χ2v) is 4.46. The van der Waals surface area contributed by atoms with Gasteiger partial charge in [-0.25, -0.2) is 4.39 Å². The molecule has 19 heavy (non-hydrogen) atoms. The molecular weight excluding hydrogens is 245 g/mol. The second-order valence-electron chi connectivity index (χ2n) is 4.46. The van der Waals surface area contributed by atoms with Crippen molar-refractivity contribution in [2.45, 2.75) is 6.42 Å². The van der Waals surface area contributed by atoms with Gasteiger partial charge in [0, 0.05) is 12.0 Å². The third-order valence-corrected chi connectivity index (χ3v) is 3.22. The number of para-hydroxylation sites is 1. The summed E-state index contributed by atoms with van der Waals surface area (Å²) in [4.78, 5) is 12.4. The van der Waals surface area contributed by atoms with Crippen LogP contribution in [0.15, 0.2) is 36.4 Å². The lowest BCUT2D eigenvalue weighted by Gasteiger charge is -2.07. The summed E-state index contributed by atoms with van der Waals surface area (Å²) in [6, 6.07) is 9.52. The van der Waals surface area contributed by atoms with E-state index in [9.17, 15) is 9.18 Å². The van der Waals surface area contributed by atoms with Crippen molar-refractivity contribution in [1.82, 2.24) is 0 Å². The average molecular weight is 257 g/mol. The van der Waals surface area contributed by atoms with Gasteiger partial charge in [-0.05, 0) is 29.8 Å². The number of ether oxygens (including phenoxy) is 1. The SMILES string of the molecule is Nc1ccc(C(=O)c2cccc3c2OCC3)cc1F. The first-order valence-electron chi connectivity index (χ1n) is 6.01. The molecule has 2 aromatic rings. The standard InChI is InChI=1S/C15H12FNO2/c16-12-8-10(4-5-13(12)17)14(18)11-3-1-2-9-6-7-19-15(9)11/h1-5,8H,6-7,17H2. The fraction of sp³-hybridized carbons (Fsp3) is 0.133. The van der Waals surface area contributed by atoms with Gasteiger partial charge in [0.25, 0.3) is 0 Å². The molecule has 1 aliphatic heterocycles. The Kier molecular flexibility index (Phi) is 2.71. The van der Waals surface area contributed by atoms with E-state index in [0.717, 1.165) is 18.1 Å². The molecule has 0 atom stereocenters. The minimum absolute atomic E-state index is 0.0334. The Morgan fingerprint density at radius 3 is 2.89 bits per heavy atom. The summed E-state index contributed by atoms with van der Waals surface area (Å²) in [7, 11) is 0. The highest BCUT2D eigenvalue weighted by Gasteiger charge is 2.21.